The molecule has 0 spiro atoms. The van der Waals surface area contributed by atoms with Crippen LogP contribution in [-0.4, -0.2) is 35.7 Å². The molecule has 7 heteroatoms. The molecule has 0 unspecified atom stereocenters. The van der Waals surface area contributed by atoms with Crippen molar-refractivity contribution in [3.63, 3.8) is 0 Å². The van der Waals surface area contributed by atoms with Gasteiger partial charge in [0.25, 0.3) is 0 Å². The highest BCUT2D eigenvalue weighted by molar-refractivity contribution is 5.85. The molecule has 27 heavy (non-hydrogen) atoms. The van der Waals surface area contributed by atoms with E-state index in [0.29, 0.717) is 12.8 Å². The van der Waals surface area contributed by atoms with Gasteiger partial charge < -0.3 is 20.5 Å². The average Bonchev–Trinajstić information content (AvgIpc) is 2.59. The van der Waals surface area contributed by atoms with E-state index in [-0.39, 0.29) is 25.0 Å². The number of hydrogen-bond donors (Lipinski definition) is 3. The Morgan fingerprint density at radius 2 is 1.78 bits per heavy atom. The van der Waals surface area contributed by atoms with Gasteiger partial charge in [-0.3, -0.25) is 9.59 Å². The Balaban J connectivity index is 2.54. The standard InChI is InChI=1S/C20H30N2O5/c1-14(2)12-16(17(23)21-11-10-20(3,4)18(24)25)22-19(26)27-13-15-8-6-5-7-9-15/h5-9,14,16H,10-13H2,1-4H3,(H,21,23)(H,22,26)(H,24,25)/t16-/m0/s1. The van der Waals surface area contributed by atoms with Crippen LogP contribution in [0, 0.1) is 11.3 Å². The molecular formula is C20H30N2O5. The summed E-state index contributed by atoms with van der Waals surface area (Å²) in [4.78, 5) is 35.6. The Morgan fingerprint density at radius 1 is 1.15 bits per heavy atom. The van der Waals surface area contributed by atoms with Gasteiger partial charge in [0.1, 0.15) is 12.6 Å². The summed E-state index contributed by atoms with van der Waals surface area (Å²) in [5, 5.41) is 14.4. The van der Waals surface area contributed by atoms with Crippen molar-refractivity contribution in [2.24, 2.45) is 11.3 Å². The van der Waals surface area contributed by atoms with E-state index >= 15 is 0 Å². The zero-order valence-corrected chi connectivity index (χ0v) is 16.5. The first-order valence-corrected chi connectivity index (χ1v) is 9.10. The zero-order chi connectivity index (χ0) is 20.4. The van der Waals surface area contributed by atoms with E-state index < -0.39 is 23.5 Å². The molecule has 1 rings (SSSR count). The van der Waals surface area contributed by atoms with Gasteiger partial charge in [0.2, 0.25) is 5.91 Å². The molecule has 1 atom stereocenters. The van der Waals surface area contributed by atoms with Crippen LogP contribution in [0.2, 0.25) is 0 Å². The van der Waals surface area contributed by atoms with Crippen LogP contribution in [-0.2, 0) is 20.9 Å². The molecule has 2 amide bonds. The molecule has 0 aromatic heterocycles. The first-order valence-electron chi connectivity index (χ1n) is 9.10. The molecule has 0 heterocycles. The Labute approximate surface area is 160 Å². The summed E-state index contributed by atoms with van der Waals surface area (Å²) in [5.41, 5.74) is -0.0727. The molecule has 0 aliphatic rings. The number of hydrogen-bond acceptors (Lipinski definition) is 4. The predicted molar refractivity (Wildman–Crippen MR) is 102 cm³/mol. The second kappa shape index (κ2) is 10.5. The maximum Gasteiger partial charge on any atom is 0.408 e. The number of carbonyl (C=O) groups excluding carboxylic acids is 2. The molecule has 3 N–H and O–H groups in total. The van der Waals surface area contributed by atoms with Gasteiger partial charge in [-0.05, 0) is 38.2 Å². The van der Waals surface area contributed by atoms with E-state index in [1.54, 1.807) is 13.8 Å². The maximum atomic E-state index is 12.4. The molecule has 1 aromatic carbocycles. The van der Waals surface area contributed by atoms with Crippen molar-refractivity contribution in [1.29, 1.82) is 0 Å². The number of carboxylic acids is 1. The minimum absolute atomic E-state index is 0.121. The van der Waals surface area contributed by atoms with Gasteiger partial charge in [-0.1, -0.05) is 44.2 Å². The fraction of sp³-hybridized carbons (Fsp3) is 0.550. The first kappa shape index (κ1) is 22.5. The minimum Gasteiger partial charge on any atom is -0.481 e. The van der Waals surface area contributed by atoms with Crippen molar-refractivity contribution in [2.45, 2.75) is 53.2 Å². The fourth-order valence-electron chi connectivity index (χ4n) is 2.34. The van der Waals surface area contributed by atoms with Crippen LogP contribution in [0.1, 0.15) is 46.1 Å². The summed E-state index contributed by atoms with van der Waals surface area (Å²) in [6.45, 7) is 7.44. The van der Waals surface area contributed by atoms with Crippen LogP contribution in [0.5, 0.6) is 0 Å². The number of ether oxygens (including phenoxy) is 1. The number of alkyl carbamates (subject to hydrolysis) is 1. The van der Waals surface area contributed by atoms with Crippen molar-refractivity contribution in [2.75, 3.05) is 6.54 Å². The smallest absolute Gasteiger partial charge is 0.408 e. The molecule has 1 aromatic rings. The van der Waals surface area contributed by atoms with Crippen LogP contribution in [0.4, 0.5) is 4.79 Å². The Hall–Kier alpha value is -2.57. The van der Waals surface area contributed by atoms with E-state index in [9.17, 15) is 14.4 Å². The molecule has 0 aliphatic heterocycles. The summed E-state index contributed by atoms with van der Waals surface area (Å²) < 4.78 is 5.17. The highest BCUT2D eigenvalue weighted by Gasteiger charge is 2.28. The largest absolute Gasteiger partial charge is 0.481 e. The van der Waals surface area contributed by atoms with Crippen LogP contribution in [0.15, 0.2) is 30.3 Å². The third kappa shape index (κ3) is 8.57. The van der Waals surface area contributed by atoms with Gasteiger partial charge in [-0.15, -0.1) is 0 Å². The number of carboxylic acid groups (broad SMARTS) is 1. The zero-order valence-electron chi connectivity index (χ0n) is 16.5. The molecule has 0 radical (unpaired) electrons. The van der Waals surface area contributed by atoms with Gasteiger partial charge in [-0.2, -0.15) is 0 Å². The van der Waals surface area contributed by atoms with Gasteiger partial charge >= 0.3 is 12.1 Å². The van der Waals surface area contributed by atoms with Gasteiger partial charge in [0.15, 0.2) is 0 Å². The second-order valence-corrected chi connectivity index (χ2v) is 7.62. The lowest BCUT2D eigenvalue weighted by atomic mass is 9.89. The Morgan fingerprint density at radius 3 is 2.33 bits per heavy atom. The minimum atomic E-state index is -0.928. The molecule has 7 nitrogen and oxygen atoms in total. The van der Waals surface area contributed by atoms with Crippen molar-refractivity contribution in [3.05, 3.63) is 35.9 Å². The summed E-state index contributed by atoms with van der Waals surface area (Å²) in [5.74, 6) is -1.08. The van der Waals surface area contributed by atoms with Crippen molar-refractivity contribution < 1.29 is 24.2 Å². The third-order valence-electron chi connectivity index (χ3n) is 4.16. The van der Waals surface area contributed by atoms with Crippen LogP contribution in [0.25, 0.3) is 0 Å². The van der Waals surface area contributed by atoms with Crippen LogP contribution < -0.4 is 10.6 Å². The SMILES string of the molecule is CC(C)C[C@H](NC(=O)OCc1ccccc1)C(=O)NCCC(C)(C)C(=O)O. The van der Waals surface area contributed by atoms with E-state index in [2.05, 4.69) is 10.6 Å². The van der Waals surface area contributed by atoms with E-state index in [1.807, 2.05) is 44.2 Å². The molecule has 0 bridgehead atoms. The number of aliphatic carboxylic acids is 1. The third-order valence-corrected chi connectivity index (χ3v) is 4.16. The van der Waals surface area contributed by atoms with Crippen LogP contribution >= 0.6 is 0 Å². The highest BCUT2D eigenvalue weighted by atomic mass is 16.5. The second-order valence-electron chi connectivity index (χ2n) is 7.62. The number of carbonyl (C=O) groups is 3. The Bertz CT molecular complexity index is 629. The number of amides is 2. The number of benzene rings is 1. The van der Waals surface area contributed by atoms with Crippen molar-refractivity contribution in [1.82, 2.24) is 10.6 Å². The normalized spacial score (nSPS) is 12.3. The van der Waals surface area contributed by atoms with Gasteiger partial charge in [0.05, 0.1) is 5.41 Å². The summed E-state index contributed by atoms with van der Waals surface area (Å²) in [6, 6.07) is 8.53. The predicted octanol–water partition coefficient (Wildman–Crippen LogP) is 2.94. The molecule has 0 saturated heterocycles. The maximum absolute atomic E-state index is 12.4. The van der Waals surface area contributed by atoms with E-state index in [1.165, 1.54) is 0 Å². The van der Waals surface area contributed by atoms with Gasteiger partial charge in [-0.25, -0.2) is 4.79 Å². The van der Waals surface area contributed by atoms with Crippen molar-refractivity contribution >= 4 is 18.0 Å². The topological polar surface area (TPSA) is 105 Å². The van der Waals surface area contributed by atoms with Gasteiger partial charge in [0, 0.05) is 6.54 Å². The summed E-state index contributed by atoms with van der Waals surface area (Å²) in [7, 11) is 0. The summed E-state index contributed by atoms with van der Waals surface area (Å²) in [6.07, 6.45) is 0.0840. The van der Waals surface area contributed by atoms with E-state index in [0.717, 1.165) is 5.56 Å². The number of nitrogens with one attached hydrogen (secondary N) is 2. The summed E-state index contributed by atoms with van der Waals surface area (Å²) >= 11 is 0. The lowest BCUT2D eigenvalue weighted by Crippen LogP contribution is -2.48. The van der Waals surface area contributed by atoms with E-state index in [4.69, 9.17) is 9.84 Å². The lowest BCUT2D eigenvalue weighted by molar-refractivity contribution is -0.147. The molecular weight excluding hydrogens is 348 g/mol. The highest BCUT2D eigenvalue weighted by Crippen LogP contribution is 2.19. The average molecular weight is 378 g/mol. The molecule has 0 saturated carbocycles. The quantitative estimate of drug-likeness (QED) is 0.581. The Kier molecular flexibility index (Phi) is 8.78. The fourth-order valence-corrected chi connectivity index (χ4v) is 2.34. The molecule has 0 fully saturated rings. The lowest BCUT2D eigenvalue weighted by Gasteiger charge is -2.22. The first-order chi connectivity index (χ1) is 12.6. The molecule has 0 aliphatic carbocycles. The monoisotopic (exact) mass is 378 g/mol. The van der Waals surface area contributed by atoms with Crippen LogP contribution in [0.3, 0.4) is 0 Å². The van der Waals surface area contributed by atoms with Crippen molar-refractivity contribution in [3.8, 4) is 0 Å². The molecule has 150 valence electrons. The number of rotatable bonds is 10.